The predicted molar refractivity (Wildman–Crippen MR) is 94.5 cm³/mol. The number of aromatic nitrogens is 2. The Morgan fingerprint density at radius 1 is 1.23 bits per heavy atom. The van der Waals surface area contributed by atoms with E-state index in [-0.39, 0.29) is 6.42 Å². The quantitative estimate of drug-likeness (QED) is 0.106. The van der Waals surface area contributed by atoms with Gasteiger partial charge in [0.25, 0.3) is 5.56 Å². The number of azide groups is 1. The zero-order chi connectivity index (χ0) is 23.6. The molecule has 2 unspecified atom stereocenters. The van der Waals surface area contributed by atoms with Gasteiger partial charge in [-0.05, 0) is 5.53 Å². The third-order valence-corrected chi connectivity index (χ3v) is 7.24. The van der Waals surface area contributed by atoms with Gasteiger partial charge in [0.05, 0.1) is 12.7 Å². The summed E-state index contributed by atoms with van der Waals surface area (Å²) in [5, 5.41) is 13.1. The lowest BCUT2D eigenvalue weighted by atomic mass is 10.2. The number of aliphatic hydroxyl groups excluding tert-OH is 1. The number of phosphoric ester groups is 1. The zero-order valence-electron chi connectivity index (χ0n) is 14.8. The lowest BCUT2D eigenvalue weighted by molar-refractivity contribution is -0.0449. The SMILES string of the molecule is [N-]=[N+]=Nc1cn([C@@H]2C[C@@H](O)[C@H](COP(=O)(O)OP(=O)(O)OP(=O)(O)O)O2)c(=O)[nH]c1=O. The minimum absolute atomic E-state index is 0.300. The highest BCUT2D eigenvalue weighted by atomic mass is 31.3. The first-order chi connectivity index (χ1) is 14.1. The first-order valence-corrected chi connectivity index (χ1v) is 12.2. The molecule has 6 N–H and O–H groups in total. The molecule has 0 radical (unpaired) electrons. The van der Waals surface area contributed by atoms with Gasteiger partial charge in [-0.15, -0.1) is 0 Å². The van der Waals surface area contributed by atoms with Crippen LogP contribution in [0, 0.1) is 0 Å². The summed E-state index contributed by atoms with van der Waals surface area (Å²) in [7, 11) is -16.7. The van der Waals surface area contributed by atoms with Crippen LogP contribution in [-0.2, 0) is 31.6 Å². The molecule has 0 bridgehead atoms. The summed E-state index contributed by atoms with van der Waals surface area (Å²) in [5.74, 6) is 0. The molecule has 22 heteroatoms. The van der Waals surface area contributed by atoms with E-state index in [4.69, 9.17) is 24.9 Å². The van der Waals surface area contributed by atoms with Crippen LogP contribution in [0.15, 0.2) is 20.9 Å². The molecule has 19 nitrogen and oxygen atoms in total. The van der Waals surface area contributed by atoms with Crippen LogP contribution in [0.1, 0.15) is 12.6 Å². The van der Waals surface area contributed by atoms with Crippen molar-refractivity contribution in [3.05, 3.63) is 37.5 Å². The molecule has 1 aliphatic heterocycles. The first kappa shape index (κ1) is 25.6. The number of hydrogen-bond donors (Lipinski definition) is 6. The number of phosphoric acid groups is 3. The molecule has 0 aliphatic carbocycles. The average molecular weight is 509 g/mol. The van der Waals surface area contributed by atoms with Gasteiger partial charge in [0.2, 0.25) is 0 Å². The van der Waals surface area contributed by atoms with E-state index in [0.29, 0.717) is 0 Å². The van der Waals surface area contributed by atoms with Crippen molar-refractivity contribution in [2.45, 2.75) is 24.9 Å². The number of H-pyrrole nitrogens is 1. The van der Waals surface area contributed by atoms with Crippen LogP contribution < -0.4 is 11.2 Å². The summed E-state index contributed by atoms with van der Waals surface area (Å²) >= 11 is 0. The largest absolute Gasteiger partial charge is 0.490 e. The Labute approximate surface area is 169 Å². The molecule has 174 valence electrons. The molecule has 0 amide bonds. The van der Waals surface area contributed by atoms with Crippen LogP contribution in [0.5, 0.6) is 0 Å². The normalized spacial score (nSPS) is 25.4. The van der Waals surface area contributed by atoms with Crippen molar-refractivity contribution >= 4 is 29.2 Å². The fraction of sp³-hybridized carbons (Fsp3) is 0.556. The number of aromatic amines is 1. The van der Waals surface area contributed by atoms with Crippen molar-refractivity contribution in [1.82, 2.24) is 9.55 Å². The second-order valence-corrected chi connectivity index (χ2v) is 10.1. The van der Waals surface area contributed by atoms with E-state index in [1.54, 1.807) is 0 Å². The number of aliphatic hydroxyl groups is 1. The third-order valence-electron chi connectivity index (χ3n) is 3.43. The van der Waals surface area contributed by atoms with Crippen molar-refractivity contribution in [3.63, 3.8) is 0 Å². The number of ether oxygens (including phenoxy) is 1. The Bertz CT molecular complexity index is 1130. The van der Waals surface area contributed by atoms with Crippen LogP contribution in [0.25, 0.3) is 10.4 Å². The van der Waals surface area contributed by atoms with Gasteiger partial charge in [0.1, 0.15) is 18.0 Å². The molecule has 1 fully saturated rings. The number of rotatable bonds is 9. The molecule has 5 atom stereocenters. The maximum absolute atomic E-state index is 11.9. The van der Waals surface area contributed by atoms with Crippen molar-refractivity contribution in [2.24, 2.45) is 5.11 Å². The third kappa shape index (κ3) is 7.45. The molecule has 2 heterocycles. The Balaban J connectivity index is 2.08. The Hall–Kier alpha value is -1.68. The molecule has 1 aromatic heterocycles. The molecule has 31 heavy (non-hydrogen) atoms. The first-order valence-electron chi connectivity index (χ1n) is 7.65. The zero-order valence-corrected chi connectivity index (χ0v) is 17.4. The lowest BCUT2D eigenvalue weighted by Gasteiger charge is -2.19. The van der Waals surface area contributed by atoms with E-state index < -0.39 is 65.4 Å². The van der Waals surface area contributed by atoms with Crippen LogP contribution in [-0.4, -0.2) is 53.0 Å². The van der Waals surface area contributed by atoms with E-state index in [2.05, 4.69) is 23.2 Å². The second-order valence-electron chi connectivity index (χ2n) is 5.69. The highest BCUT2D eigenvalue weighted by molar-refractivity contribution is 7.66. The fourth-order valence-electron chi connectivity index (χ4n) is 2.31. The Kier molecular flexibility index (Phi) is 7.79. The van der Waals surface area contributed by atoms with Crippen LogP contribution in [0.2, 0.25) is 0 Å². The summed E-state index contributed by atoms with van der Waals surface area (Å²) in [6, 6.07) is 0. The van der Waals surface area contributed by atoms with Gasteiger partial charge >= 0.3 is 29.2 Å². The summed E-state index contributed by atoms with van der Waals surface area (Å²) in [4.78, 5) is 63.1. The molecule has 0 aromatic carbocycles. The van der Waals surface area contributed by atoms with Crippen molar-refractivity contribution in [1.29, 1.82) is 0 Å². The molecule has 1 aromatic rings. The van der Waals surface area contributed by atoms with Gasteiger partial charge in [0, 0.05) is 17.5 Å². The summed E-state index contributed by atoms with van der Waals surface area (Å²) in [6.07, 6.45) is -3.52. The van der Waals surface area contributed by atoms with Crippen molar-refractivity contribution in [2.75, 3.05) is 6.61 Å². The maximum atomic E-state index is 11.9. The number of nitrogens with zero attached hydrogens (tertiary/aromatic N) is 4. The fourth-order valence-corrected chi connectivity index (χ4v) is 5.34. The summed E-state index contributed by atoms with van der Waals surface area (Å²) in [5.41, 5.74) is 5.95. The van der Waals surface area contributed by atoms with Crippen molar-refractivity contribution in [3.8, 4) is 0 Å². The molecule has 1 saturated heterocycles. The standard InChI is InChI=1S/C9H14N5O14P3/c10-13-12-4-2-14(9(17)11-8(4)16)7-1-5(15)6(26-7)3-25-30(21,22)28-31(23,24)27-29(18,19)20/h2,5-7,15H,1,3H2,(H,21,22)(H,23,24)(H,11,16,17)(H2,18,19,20)/t5-,6+,7+/m1/s1. The van der Waals surface area contributed by atoms with E-state index in [9.17, 15) is 33.3 Å². The van der Waals surface area contributed by atoms with Gasteiger partial charge < -0.3 is 29.4 Å². The monoisotopic (exact) mass is 509 g/mol. The second kappa shape index (κ2) is 9.44. The summed E-state index contributed by atoms with van der Waals surface area (Å²) in [6.45, 7) is -0.956. The molecule has 1 aliphatic rings. The molecular weight excluding hydrogens is 495 g/mol. The van der Waals surface area contributed by atoms with Gasteiger partial charge in [0.15, 0.2) is 0 Å². The maximum Gasteiger partial charge on any atom is 0.490 e. The number of nitrogens with one attached hydrogen (secondary N) is 1. The Morgan fingerprint density at radius 2 is 1.87 bits per heavy atom. The van der Waals surface area contributed by atoms with E-state index in [0.717, 1.165) is 10.8 Å². The van der Waals surface area contributed by atoms with Gasteiger partial charge in [-0.2, -0.15) is 8.62 Å². The van der Waals surface area contributed by atoms with Crippen LogP contribution >= 0.6 is 23.5 Å². The topological polar surface area (TPSA) is 293 Å². The number of hydrogen-bond acceptors (Lipinski definition) is 11. The minimum Gasteiger partial charge on any atom is -0.390 e. The molecule has 2 rings (SSSR count). The molecular formula is C9H14N5O14P3. The Morgan fingerprint density at radius 3 is 2.45 bits per heavy atom. The van der Waals surface area contributed by atoms with E-state index in [1.807, 2.05) is 4.98 Å². The van der Waals surface area contributed by atoms with Crippen molar-refractivity contribution < 1.29 is 56.3 Å². The highest BCUT2D eigenvalue weighted by Gasteiger charge is 2.43. The smallest absolute Gasteiger partial charge is 0.390 e. The van der Waals surface area contributed by atoms with Crippen LogP contribution in [0.3, 0.4) is 0 Å². The summed E-state index contributed by atoms with van der Waals surface area (Å²) < 4.78 is 51.0. The molecule has 0 saturated carbocycles. The van der Waals surface area contributed by atoms with Gasteiger partial charge in [-0.25, -0.2) is 18.5 Å². The highest BCUT2D eigenvalue weighted by Crippen LogP contribution is 2.66. The van der Waals surface area contributed by atoms with E-state index >= 15 is 0 Å². The van der Waals surface area contributed by atoms with Crippen LogP contribution in [0.4, 0.5) is 5.69 Å². The van der Waals surface area contributed by atoms with Gasteiger partial charge in [-0.1, -0.05) is 5.11 Å². The van der Waals surface area contributed by atoms with E-state index in [1.165, 1.54) is 0 Å². The molecule has 0 spiro atoms. The van der Waals surface area contributed by atoms with Gasteiger partial charge in [-0.3, -0.25) is 18.9 Å². The predicted octanol–water partition coefficient (Wildman–Crippen LogP) is -0.530. The minimum atomic E-state index is -5.72. The lowest BCUT2D eigenvalue weighted by Crippen LogP contribution is -2.32. The average Bonchev–Trinajstić information content (AvgIpc) is 2.93.